The minimum Gasteiger partial charge on any atom is -0.491 e. The molecule has 0 unspecified atom stereocenters. The Kier molecular flexibility index (Phi) is 4.22. The molecular weight excluding hydrogens is 269 g/mol. The summed E-state index contributed by atoms with van der Waals surface area (Å²) in [6.07, 6.45) is 0.596. The number of hydrogen-bond acceptors (Lipinski definition) is 2. The second-order valence-corrected chi connectivity index (χ2v) is 3.73. The zero-order chi connectivity index (χ0) is 10.6. The molecule has 0 aliphatic heterocycles. The summed E-state index contributed by atoms with van der Waals surface area (Å²) in [6, 6.07) is 3.36. The van der Waals surface area contributed by atoms with Crippen LogP contribution in [0.1, 0.15) is 6.92 Å². The van der Waals surface area contributed by atoms with E-state index in [0.717, 1.165) is 4.47 Å². The molecule has 1 N–H and O–H groups in total. The molecule has 14 heavy (non-hydrogen) atoms. The minimum absolute atomic E-state index is 0.463. The van der Waals surface area contributed by atoms with Crippen LogP contribution in [0.4, 0.5) is 5.69 Å². The lowest BCUT2D eigenvalue weighted by molar-refractivity contribution is -0.105. The first kappa shape index (κ1) is 11.3. The maximum Gasteiger partial charge on any atom is 0.211 e. The monoisotopic (exact) mass is 277 g/mol. The Morgan fingerprint density at radius 1 is 1.64 bits per heavy atom. The third-order valence-corrected chi connectivity index (χ3v) is 2.38. The maximum absolute atomic E-state index is 10.2. The van der Waals surface area contributed by atoms with E-state index in [1.54, 1.807) is 12.1 Å². The number of hydrogen-bond donors (Lipinski definition) is 1. The van der Waals surface area contributed by atoms with Crippen LogP contribution in [-0.4, -0.2) is 13.0 Å². The summed E-state index contributed by atoms with van der Waals surface area (Å²) in [5, 5.41) is 2.97. The van der Waals surface area contributed by atoms with E-state index in [0.29, 0.717) is 29.5 Å². The second kappa shape index (κ2) is 5.22. The van der Waals surface area contributed by atoms with E-state index in [2.05, 4.69) is 21.2 Å². The van der Waals surface area contributed by atoms with Crippen LogP contribution >= 0.6 is 27.5 Å². The average Bonchev–Trinajstić information content (AvgIpc) is 2.12. The molecule has 0 spiro atoms. The van der Waals surface area contributed by atoms with Crippen molar-refractivity contribution < 1.29 is 9.53 Å². The topological polar surface area (TPSA) is 38.3 Å². The van der Waals surface area contributed by atoms with Gasteiger partial charge in [-0.15, -0.1) is 0 Å². The highest BCUT2D eigenvalue weighted by Gasteiger charge is 2.08. The van der Waals surface area contributed by atoms with E-state index in [1.165, 1.54) is 0 Å². The van der Waals surface area contributed by atoms with E-state index in [4.69, 9.17) is 16.3 Å². The largest absolute Gasteiger partial charge is 0.491 e. The third kappa shape index (κ3) is 2.62. The fraction of sp³-hybridized carbons (Fsp3) is 0.222. The number of benzene rings is 1. The Bertz CT molecular complexity index is 321. The van der Waals surface area contributed by atoms with Gasteiger partial charge in [-0.2, -0.15) is 0 Å². The summed E-state index contributed by atoms with van der Waals surface area (Å²) < 4.78 is 6.02. The van der Waals surface area contributed by atoms with E-state index >= 15 is 0 Å². The number of nitrogens with one attached hydrogen (secondary N) is 1. The van der Waals surface area contributed by atoms with Crippen molar-refractivity contribution in [2.45, 2.75) is 6.92 Å². The molecular formula is C9H9BrClNO2. The number of amides is 1. The molecule has 0 aromatic heterocycles. The maximum atomic E-state index is 10.2. The summed E-state index contributed by atoms with van der Waals surface area (Å²) in [4.78, 5) is 10.2. The van der Waals surface area contributed by atoms with Crippen molar-refractivity contribution in [3.63, 3.8) is 0 Å². The van der Waals surface area contributed by atoms with E-state index in [-0.39, 0.29) is 0 Å². The molecule has 0 bridgehead atoms. The van der Waals surface area contributed by atoms with Crippen LogP contribution in [0.15, 0.2) is 16.6 Å². The number of carbonyl (C=O) groups excluding carboxylic acids is 1. The smallest absolute Gasteiger partial charge is 0.211 e. The van der Waals surface area contributed by atoms with Crippen LogP contribution in [0.5, 0.6) is 5.75 Å². The highest BCUT2D eigenvalue weighted by atomic mass is 79.9. The lowest BCUT2D eigenvalue weighted by Gasteiger charge is -2.09. The van der Waals surface area contributed by atoms with Gasteiger partial charge in [-0.1, -0.05) is 11.6 Å². The van der Waals surface area contributed by atoms with Crippen molar-refractivity contribution in [3.05, 3.63) is 21.6 Å². The molecule has 0 saturated heterocycles. The van der Waals surface area contributed by atoms with Crippen molar-refractivity contribution in [2.75, 3.05) is 11.9 Å². The Morgan fingerprint density at radius 3 is 2.86 bits per heavy atom. The van der Waals surface area contributed by atoms with Crippen molar-refractivity contribution in [2.24, 2.45) is 0 Å². The molecule has 76 valence electrons. The zero-order valence-electron chi connectivity index (χ0n) is 7.51. The standard InChI is InChI=1S/C9H9BrClNO2/c1-2-14-9-7(10)3-6(12-5-13)4-8(9)11/h3-5H,2H2,1H3,(H,12,13). The molecule has 1 amide bonds. The molecule has 0 saturated carbocycles. The first-order valence-corrected chi connectivity index (χ1v) is 5.18. The quantitative estimate of drug-likeness (QED) is 0.860. The molecule has 0 aliphatic carbocycles. The Balaban J connectivity index is 3.04. The SMILES string of the molecule is CCOc1c(Cl)cc(NC=O)cc1Br. The van der Waals surface area contributed by atoms with Gasteiger partial charge in [-0.3, -0.25) is 4.79 Å². The fourth-order valence-electron chi connectivity index (χ4n) is 0.993. The van der Waals surface area contributed by atoms with Crippen molar-refractivity contribution >= 4 is 39.6 Å². The van der Waals surface area contributed by atoms with E-state index in [1.807, 2.05) is 6.92 Å². The van der Waals surface area contributed by atoms with Crippen molar-refractivity contribution in [1.29, 1.82) is 0 Å². The molecule has 0 radical (unpaired) electrons. The minimum atomic E-state index is 0.463. The molecule has 0 fully saturated rings. The molecule has 1 aromatic rings. The van der Waals surface area contributed by atoms with Crippen LogP contribution in [0.3, 0.4) is 0 Å². The van der Waals surface area contributed by atoms with Gasteiger partial charge in [0.2, 0.25) is 6.41 Å². The Labute approximate surface area is 95.5 Å². The number of ether oxygens (including phenoxy) is 1. The number of carbonyl (C=O) groups is 1. The first-order valence-electron chi connectivity index (χ1n) is 4.01. The molecule has 0 atom stereocenters. The predicted molar refractivity (Wildman–Crippen MR) is 60.0 cm³/mol. The summed E-state index contributed by atoms with van der Waals surface area (Å²) >= 11 is 9.24. The van der Waals surface area contributed by atoms with Crippen molar-refractivity contribution in [3.8, 4) is 5.75 Å². The summed E-state index contributed by atoms with van der Waals surface area (Å²) in [5.74, 6) is 0.589. The van der Waals surface area contributed by atoms with Gasteiger partial charge >= 0.3 is 0 Å². The van der Waals surface area contributed by atoms with Gasteiger partial charge in [0.15, 0.2) is 5.75 Å². The first-order chi connectivity index (χ1) is 6.69. The van der Waals surface area contributed by atoms with Crippen LogP contribution in [0.25, 0.3) is 0 Å². The normalized spacial score (nSPS) is 9.64. The predicted octanol–water partition coefficient (Wildman–Crippen LogP) is 3.07. The summed E-state index contributed by atoms with van der Waals surface area (Å²) in [5.41, 5.74) is 0.625. The number of halogens is 2. The molecule has 5 heteroatoms. The highest BCUT2D eigenvalue weighted by Crippen LogP contribution is 2.35. The molecule has 1 rings (SSSR count). The number of anilines is 1. The van der Waals surface area contributed by atoms with Crippen LogP contribution in [0.2, 0.25) is 5.02 Å². The fourth-order valence-corrected chi connectivity index (χ4v) is 1.96. The van der Waals surface area contributed by atoms with Gasteiger partial charge in [-0.25, -0.2) is 0 Å². The van der Waals surface area contributed by atoms with E-state index in [9.17, 15) is 4.79 Å². The Hall–Kier alpha value is -0.740. The van der Waals surface area contributed by atoms with Gasteiger partial charge < -0.3 is 10.1 Å². The Morgan fingerprint density at radius 2 is 2.36 bits per heavy atom. The van der Waals surface area contributed by atoms with E-state index < -0.39 is 0 Å². The molecule has 0 aliphatic rings. The highest BCUT2D eigenvalue weighted by molar-refractivity contribution is 9.10. The molecule has 3 nitrogen and oxygen atoms in total. The second-order valence-electron chi connectivity index (χ2n) is 2.46. The number of rotatable bonds is 4. The molecule has 0 heterocycles. The lowest BCUT2D eigenvalue weighted by Crippen LogP contribution is -1.97. The summed E-state index contributed by atoms with van der Waals surface area (Å²) in [6.45, 7) is 2.42. The van der Waals surface area contributed by atoms with Gasteiger partial charge in [-0.05, 0) is 35.0 Å². The van der Waals surface area contributed by atoms with Crippen molar-refractivity contribution in [1.82, 2.24) is 0 Å². The third-order valence-electron chi connectivity index (χ3n) is 1.51. The molecule has 1 aromatic carbocycles. The van der Waals surface area contributed by atoms with Gasteiger partial charge in [0.25, 0.3) is 0 Å². The zero-order valence-corrected chi connectivity index (χ0v) is 9.85. The van der Waals surface area contributed by atoms with Crippen LogP contribution in [-0.2, 0) is 4.79 Å². The average molecular weight is 279 g/mol. The van der Waals surface area contributed by atoms with Gasteiger partial charge in [0.1, 0.15) is 0 Å². The van der Waals surface area contributed by atoms with Gasteiger partial charge in [0.05, 0.1) is 16.1 Å². The lowest BCUT2D eigenvalue weighted by atomic mass is 10.3. The van der Waals surface area contributed by atoms with Crippen LogP contribution in [0, 0.1) is 0 Å². The van der Waals surface area contributed by atoms with Crippen LogP contribution < -0.4 is 10.1 Å². The summed E-state index contributed by atoms with van der Waals surface area (Å²) in [7, 11) is 0. The van der Waals surface area contributed by atoms with Gasteiger partial charge in [0, 0.05) is 5.69 Å².